The monoisotopic (exact) mass is 862 g/mol. The van der Waals surface area contributed by atoms with Crippen molar-refractivity contribution in [3.63, 3.8) is 0 Å². The van der Waals surface area contributed by atoms with Gasteiger partial charge in [-0.15, -0.1) is 0 Å². The van der Waals surface area contributed by atoms with Crippen molar-refractivity contribution >= 4 is 93.0 Å². The molecule has 0 saturated carbocycles. The molecular weight excluding hydrogens is 820 g/mol. The Morgan fingerprint density at radius 1 is 0.213 bits per heavy atom. The molecule has 0 saturated heterocycles. The quantitative estimate of drug-likeness (QED) is 0.116. The lowest BCUT2D eigenvalue weighted by molar-refractivity contribution is 0.592. The van der Waals surface area contributed by atoms with E-state index in [0.717, 1.165) is 15.9 Å². The van der Waals surface area contributed by atoms with Gasteiger partial charge in [0.2, 0.25) is 0 Å². The van der Waals surface area contributed by atoms with Gasteiger partial charge in [0.05, 0.1) is 0 Å². The van der Waals surface area contributed by atoms with Gasteiger partial charge in [-0.2, -0.15) is 0 Å². The largest absolute Gasteiger partial charge is 0.309 e. The maximum atomic E-state index is 16.6. The lowest BCUT2D eigenvalue weighted by Gasteiger charge is -2.32. The molecule has 0 aliphatic rings. The second kappa shape index (κ2) is 17.6. The molecule has 0 amide bonds. The topological polar surface area (TPSA) is 51.2 Å². The smallest absolute Gasteiger partial charge is 0.171 e. The van der Waals surface area contributed by atoms with Crippen LogP contribution in [0.2, 0.25) is 0 Å². The Bertz CT molecular complexity index is 2590. The van der Waals surface area contributed by atoms with Crippen molar-refractivity contribution < 1.29 is 13.7 Å². The van der Waals surface area contributed by atoms with Crippen molar-refractivity contribution in [1.29, 1.82) is 0 Å². The third-order valence-corrected chi connectivity index (χ3v) is 23.6. The van der Waals surface area contributed by atoms with Crippen LogP contribution in [0.5, 0.6) is 0 Å². The van der Waals surface area contributed by atoms with E-state index in [2.05, 4.69) is 18.2 Å². The van der Waals surface area contributed by atoms with Crippen LogP contribution in [0.1, 0.15) is 0 Å². The van der Waals surface area contributed by atoms with Gasteiger partial charge in [0.1, 0.15) is 0 Å². The minimum atomic E-state index is -3.57. The molecule has 0 fully saturated rings. The van der Waals surface area contributed by atoms with E-state index in [9.17, 15) is 0 Å². The van der Waals surface area contributed by atoms with E-state index in [1.807, 2.05) is 237 Å². The van der Waals surface area contributed by atoms with Gasteiger partial charge in [0.15, 0.2) is 21.4 Å². The minimum absolute atomic E-state index is 0.687. The molecule has 0 unspecified atom stereocenters. The first-order chi connectivity index (χ1) is 29.9. The van der Waals surface area contributed by atoms with Crippen molar-refractivity contribution in [3.05, 3.63) is 255 Å². The SMILES string of the molecule is O=P(c1ccccc1)(c1ccccc1)c1ccccc1P(c1ccccc1P(=O)(c1ccccc1)c1ccccc1)c1ccccc1P(=O)(c1ccccc1)c1ccccc1. The van der Waals surface area contributed by atoms with Gasteiger partial charge in [0.25, 0.3) is 0 Å². The Hall–Kier alpha value is -5.90. The maximum absolute atomic E-state index is 16.6. The molecule has 0 N–H and O–H groups in total. The van der Waals surface area contributed by atoms with Crippen LogP contribution in [0.3, 0.4) is 0 Å². The highest BCUT2D eigenvalue weighted by Gasteiger charge is 2.41. The fraction of sp³-hybridized carbons (Fsp3) is 0. The molecule has 3 nitrogen and oxygen atoms in total. The summed E-state index contributed by atoms with van der Waals surface area (Å²) in [4.78, 5) is 0. The summed E-state index contributed by atoms with van der Waals surface area (Å²) in [6.45, 7) is 0. The average molecular weight is 863 g/mol. The number of rotatable bonds is 12. The molecule has 296 valence electrons. The van der Waals surface area contributed by atoms with Crippen LogP contribution < -0.4 is 63.7 Å². The van der Waals surface area contributed by atoms with Crippen molar-refractivity contribution in [3.8, 4) is 0 Å². The number of benzene rings is 9. The van der Waals surface area contributed by atoms with E-state index in [1.54, 1.807) is 0 Å². The van der Waals surface area contributed by atoms with Crippen molar-refractivity contribution in [2.75, 3.05) is 0 Å². The summed E-state index contributed by atoms with van der Waals surface area (Å²) in [5.74, 6) is 0. The lowest BCUT2D eigenvalue weighted by Crippen LogP contribution is -2.44. The average Bonchev–Trinajstić information content (AvgIpc) is 3.35. The van der Waals surface area contributed by atoms with Gasteiger partial charge in [-0.05, 0) is 23.8 Å². The van der Waals surface area contributed by atoms with Gasteiger partial charge in [-0.25, -0.2) is 0 Å². The van der Waals surface area contributed by atoms with E-state index in [4.69, 9.17) is 0 Å². The predicted molar refractivity (Wildman–Crippen MR) is 263 cm³/mol. The Balaban J connectivity index is 1.43. The highest BCUT2D eigenvalue weighted by atomic mass is 31.2. The van der Waals surface area contributed by atoms with Crippen LogP contribution in [0.4, 0.5) is 0 Å². The van der Waals surface area contributed by atoms with Crippen molar-refractivity contribution in [2.45, 2.75) is 0 Å². The Kier molecular flexibility index (Phi) is 11.7. The highest BCUT2D eigenvalue weighted by molar-refractivity contribution is 7.93. The van der Waals surface area contributed by atoms with Gasteiger partial charge < -0.3 is 13.7 Å². The van der Waals surface area contributed by atoms with E-state index in [0.29, 0.717) is 47.7 Å². The zero-order valence-electron chi connectivity index (χ0n) is 33.3. The van der Waals surface area contributed by atoms with E-state index in [-0.39, 0.29) is 0 Å². The molecule has 0 atom stereocenters. The molecule has 0 aliphatic carbocycles. The normalized spacial score (nSPS) is 12.0. The van der Waals surface area contributed by atoms with Gasteiger partial charge in [-0.3, -0.25) is 0 Å². The Morgan fingerprint density at radius 3 is 0.574 bits per heavy atom. The van der Waals surface area contributed by atoms with Crippen LogP contribution in [-0.4, -0.2) is 0 Å². The molecule has 0 aliphatic heterocycles. The summed E-state index contributed by atoms with van der Waals surface area (Å²) >= 11 is 0. The summed E-state index contributed by atoms with van der Waals surface area (Å²) in [7, 11) is -12.5. The summed E-state index contributed by atoms with van der Waals surface area (Å²) < 4.78 is 49.7. The van der Waals surface area contributed by atoms with Crippen molar-refractivity contribution in [2.24, 2.45) is 0 Å². The van der Waals surface area contributed by atoms with Gasteiger partial charge in [0, 0.05) is 47.7 Å². The number of hydrogen-bond donors (Lipinski definition) is 0. The molecule has 0 radical (unpaired) electrons. The summed E-state index contributed by atoms with van der Waals surface area (Å²) in [5, 5.41) is 8.85. The molecule has 0 aromatic heterocycles. The standard InChI is InChI=1S/C54H42O3P4/c55-59(43-25-7-1-8-26-43,44-27-9-2-10-28-44)52-40-22-19-37-49(52)58(50-38-20-23-41-53(50)60(56,45-29-11-3-12-30-45)46-31-13-4-14-32-46)51-39-21-24-42-54(51)61(57,47-33-15-5-16-34-47)48-35-17-6-18-36-48/h1-42H. The predicted octanol–water partition coefficient (Wildman–Crippen LogP) is 8.36. The molecule has 0 bridgehead atoms. The first kappa shape index (κ1) is 40.5. The summed E-state index contributed by atoms with van der Waals surface area (Å²) in [6, 6.07) is 82.5. The second-order valence-electron chi connectivity index (χ2n) is 14.6. The molecule has 9 aromatic rings. The van der Waals surface area contributed by atoms with Crippen LogP contribution in [0.15, 0.2) is 255 Å². The Labute approximate surface area is 359 Å². The molecule has 7 heteroatoms. The minimum Gasteiger partial charge on any atom is -0.309 e. The molecule has 9 rings (SSSR count). The van der Waals surface area contributed by atoms with Crippen molar-refractivity contribution in [1.82, 2.24) is 0 Å². The van der Waals surface area contributed by atoms with Gasteiger partial charge >= 0.3 is 0 Å². The van der Waals surface area contributed by atoms with Crippen LogP contribution >= 0.6 is 29.3 Å². The van der Waals surface area contributed by atoms with Gasteiger partial charge in [-0.1, -0.05) is 255 Å². The maximum Gasteiger partial charge on any atom is 0.171 e. The van der Waals surface area contributed by atoms with Crippen LogP contribution in [0.25, 0.3) is 0 Å². The fourth-order valence-electron chi connectivity index (χ4n) is 8.26. The lowest BCUT2D eigenvalue weighted by atomic mass is 10.3. The highest BCUT2D eigenvalue weighted by Crippen LogP contribution is 2.50. The third-order valence-electron chi connectivity index (χ3n) is 11.1. The molecule has 0 spiro atoms. The third kappa shape index (κ3) is 7.38. The summed E-state index contributed by atoms with van der Waals surface area (Å²) in [5.41, 5.74) is 0. The fourth-order valence-corrected chi connectivity index (χ4v) is 21.0. The zero-order valence-corrected chi connectivity index (χ0v) is 36.8. The van der Waals surface area contributed by atoms with Crippen LogP contribution in [-0.2, 0) is 13.7 Å². The van der Waals surface area contributed by atoms with E-state index in [1.165, 1.54) is 0 Å². The van der Waals surface area contributed by atoms with E-state index < -0.39 is 29.3 Å². The number of hydrogen-bond acceptors (Lipinski definition) is 3. The Morgan fingerprint density at radius 2 is 0.377 bits per heavy atom. The summed E-state index contributed by atoms with van der Waals surface area (Å²) in [6.07, 6.45) is 0. The van der Waals surface area contributed by atoms with Crippen LogP contribution in [0, 0.1) is 0 Å². The molecule has 61 heavy (non-hydrogen) atoms. The first-order valence-corrected chi connectivity index (χ1v) is 26.6. The molecule has 0 heterocycles. The second-order valence-corrected chi connectivity index (χ2v) is 25.0. The van der Waals surface area contributed by atoms with E-state index >= 15 is 13.7 Å². The molecule has 9 aromatic carbocycles. The first-order valence-electron chi connectivity index (χ1n) is 20.2. The molecular formula is C54H42O3P4. The zero-order chi connectivity index (χ0) is 41.7.